The summed E-state index contributed by atoms with van der Waals surface area (Å²) in [6.45, 7) is 3.61. The lowest BCUT2D eigenvalue weighted by molar-refractivity contribution is 0.322. The first-order chi connectivity index (χ1) is 7.29. The van der Waals surface area contributed by atoms with Crippen LogP contribution in [-0.4, -0.2) is 24.0 Å². The quantitative estimate of drug-likeness (QED) is 0.732. The molecule has 0 bridgehead atoms. The number of thioether (sulfide) groups is 1. The van der Waals surface area contributed by atoms with Crippen molar-refractivity contribution >= 4 is 11.8 Å². The van der Waals surface area contributed by atoms with Crippen molar-refractivity contribution < 1.29 is 9.50 Å². The summed E-state index contributed by atoms with van der Waals surface area (Å²) in [5.74, 6) is 0.323. The van der Waals surface area contributed by atoms with Gasteiger partial charge in [-0.2, -0.15) is 0 Å². The van der Waals surface area contributed by atoms with E-state index in [1.165, 1.54) is 17.8 Å². The van der Waals surface area contributed by atoms with E-state index in [1.807, 2.05) is 13.0 Å². The fourth-order valence-corrected chi connectivity index (χ4v) is 2.09. The van der Waals surface area contributed by atoms with Crippen molar-refractivity contribution in [1.82, 2.24) is 5.32 Å². The molecule has 0 heterocycles. The van der Waals surface area contributed by atoms with Gasteiger partial charge in [-0.25, -0.2) is 4.39 Å². The molecule has 0 atom stereocenters. The second kappa shape index (κ2) is 6.82. The molecular weight excluding hydrogens is 213 g/mol. The minimum absolute atomic E-state index is 0.0691. The normalized spacial score (nSPS) is 10.6. The Balaban J connectivity index is 2.77. The number of hydrogen-bond acceptors (Lipinski definition) is 3. The molecule has 0 fully saturated rings. The Hall–Kier alpha value is -0.580. The van der Waals surface area contributed by atoms with Crippen molar-refractivity contribution in [2.24, 2.45) is 0 Å². The third kappa shape index (κ3) is 3.81. The molecule has 0 aromatic heterocycles. The van der Waals surface area contributed by atoms with E-state index in [-0.39, 0.29) is 12.4 Å². The Bertz CT molecular complexity index is 307. The summed E-state index contributed by atoms with van der Waals surface area (Å²) in [6.07, 6.45) is 0. The highest BCUT2D eigenvalue weighted by molar-refractivity contribution is 7.99. The average Bonchev–Trinajstić information content (AvgIpc) is 2.25. The van der Waals surface area contributed by atoms with E-state index >= 15 is 0 Å². The standard InChI is InChI=1S/C11H16FNOS/c1-2-13-8-9-4-3-5-10(12)11(9)15-7-6-14/h3-5,13-14H,2,6-8H2,1H3. The Morgan fingerprint density at radius 1 is 1.47 bits per heavy atom. The third-order valence-corrected chi connectivity index (χ3v) is 3.08. The SMILES string of the molecule is CCNCc1cccc(F)c1SCCO. The minimum Gasteiger partial charge on any atom is -0.396 e. The number of aliphatic hydroxyl groups excluding tert-OH is 1. The van der Waals surface area contributed by atoms with Crippen molar-refractivity contribution in [1.29, 1.82) is 0 Å². The zero-order valence-corrected chi connectivity index (χ0v) is 9.61. The number of halogens is 1. The van der Waals surface area contributed by atoms with Crippen LogP contribution in [0.2, 0.25) is 0 Å². The van der Waals surface area contributed by atoms with Gasteiger partial charge in [0.15, 0.2) is 0 Å². The Morgan fingerprint density at radius 3 is 2.93 bits per heavy atom. The molecule has 0 saturated heterocycles. The van der Waals surface area contributed by atoms with Gasteiger partial charge >= 0.3 is 0 Å². The maximum absolute atomic E-state index is 13.5. The van der Waals surface area contributed by atoms with E-state index in [2.05, 4.69) is 5.32 Å². The molecule has 0 radical (unpaired) electrons. The summed E-state index contributed by atoms with van der Waals surface area (Å²) in [5, 5.41) is 11.9. The molecule has 15 heavy (non-hydrogen) atoms. The molecule has 0 aliphatic heterocycles. The van der Waals surface area contributed by atoms with E-state index in [0.717, 1.165) is 12.1 Å². The number of benzene rings is 1. The fraction of sp³-hybridized carbons (Fsp3) is 0.455. The van der Waals surface area contributed by atoms with Crippen molar-refractivity contribution in [2.75, 3.05) is 18.9 Å². The van der Waals surface area contributed by atoms with Crippen LogP contribution >= 0.6 is 11.8 Å². The summed E-state index contributed by atoms with van der Waals surface area (Å²) in [6, 6.07) is 5.08. The number of hydrogen-bond donors (Lipinski definition) is 2. The van der Waals surface area contributed by atoms with Crippen molar-refractivity contribution in [3.8, 4) is 0 Å². The minimum atomic E-state index is -0.205. The Kier molecular flexibility index (Phi) is 5.68. The average molecular weight is 229 g/mol. The first-order valence-corrected chi connectivity index (χ1v) is 6.00. The van der Waals surface area contributed by atoms with E-state index in [1.54, 1.807) is 6.07 Å². The zero-order chi connectivity index (χ0) is 11.1. The van der Waals surface area contributed by atoms with Crippen LogP contribution in [0.1, 0.15) is 12.5 Å². The van der Waals surface area contributed by atoms with E-state index < -0.39 is 0 Å². The highest BCUT2D eigenvalue weighted by Gasteiger charge is 2.07. The molecule has 1 aromatic rings. The molecule has 0 aliphatic carbocycles. The largest absolute Gasteiger partial charge is 0.396 e. The van der Waals surface area contributed by atoms with Gasteiger partial charge in [0.1, 0.15) is 5.82 Å². The molecule has 2 nitrogen and oxygen atoms in total. The predicted octanol–water partition coefficient (Wildman–Crippen LogP) is 2.02. The lowest BCUT2D eigenvalue weighted by Crippen LogP contribution is -2.13. The van der Waals surface area contributed by atoms with Crippen LogP contribution < -0.4 is 5.32 Å². The summed E-state index contributed by atoms with van der Waals surface area (Å²) in [4.78, 5) is 0.646. The molecule has 84 valence electrons. The van der Waals surface area contributed by atoms with Gasteiger partial charge in [-0.1, -0.05) is 19.1 Å². The fourth-order valence-electron chi connectivity index (χ4n) is 1.26. The highest BCUT2D eigenvalue weighted by atomic mass is 32.2. The van der Waals surface area contributed by atoms with Crippen LogP contribution in [-0.2, 0) is 6.54 Å². The molecule has 0 aliphatic rings. The summed E-state index contributed by atoms with van der Waals surface area (Å²) < 4.78 is 13.5. The Morgan fingerprint density at radius 2 is 2.27 bits per heavy atom. The summed E-state index contributed by atoms with van der Waals surface area (Å²) in [7, 11) is 0. The van der Waals surface area contributed by atoms with Crippen LogP contribution in [0.4, 0.5) is 4.39 Å². The number of nitrogens with one attached hydrogen (secondary N) is 1. The maximum atomic E-state index is 13.5. The molecule has 2 N–H and O–H groups in total. The second-order valence-electron chi connectivity index (χ2n) is 3.08. The predicted molar refractivity (Wildman–Crippen MR) is 61.6 cm³/mol. The molecule has 1 rings (SSSR count). The monoisotopic (exact) mass is 229 g/mol. The van der Waals surface area contributed by atoms with Gasteiger partial charge < -0.3 is 10.4 Å². The maximum Gasteiger partial charge on any atom is 0.137 e. The van der Waals surface area contributed by atoms with Crippen molar-refractivity contribution in [3.05, 3.63) is 29.6 Å². The summed E-state index contributed by atoms with van der Waals surface area (Å²) >= 11 is 1.36. The molecule has 0 amide bonds. The van der Waals surface area contributed by atoms with Crippen LogP contribution in [0.3, 0.4) is 0 Å². The van der Waals surface area contributed by atoms with Crippen LogP contribution in [0.5, 0.6) is 0 Å². The molecule has 4 heteroatoms. The second-order valence-corrected chi connectivity index (χ2v) is 4.19. The highest BCUT2D eigenvalue weighted by Crippen LogP contribution is 2.25. The van der Waals surface area contributed by atoms with Gasteiger partial charge in [0.05, 0.1) is 6.61 Å². The zero-order valence-electron chi connectivity index (χ0n) is 8.79. The van der Waals surface area contributed by atoms with Gasteiger partial charge in [-0.15, -0.1) is 11.8 Å². The van der Waals surface area contributed by atoms with Crippen LogP contribution in [0.25, 0.3) is 0 Å². The molecule has 0 saturated carbocycles. The van der Waals surface area contributed by atoms with E-state index in [0.29, 0.717) is 17.2 Å². The summed E-state index contributed by atoms with van der Waals surface area (Å²) in [5.41, 5.74) is 0.954. The van der Waals surface area contributed by atoms with E-state index in [4.69, 9.17) is 5.11 Å². The van der Waals surface area contributed by atoms with Crippen LogP contribution in [0.15, 0.2) is 23.1 Å². The first-order valence-electron chi connectivity index (χ1n) is 5.01. The lowest BCUT2D eigenvalue weighted by Gasteiger charge is -2.09. The molecule has 1 aromatic carbocycles. The molecule has 0 unspecified atom stereocenters. The van der Waals surface area contributed by atoms with Gasteiger partial charge in [0.2, 0.25) is 0 Å². The van der Waals surface area contributed by atoms with Gasteiger partial charge in [-0.05, 0) is 18.2 Å². The molecular formula is C11H16FNOS. The lowest BCUT2D eigenvalue weighted by atomic mass is 10.2. The van der Waals surface area contributed by atoms with E-state index in [9.17, 15) is 4.39 Å². The van der Waals surface area contributed by atoms with Gasteiger partial charge in [0.25, 0.3) is 0 Å². The first kappa shape index (κ1) is 12.5. The third-order valence-electron chi connectivity index (χ3n) is 1.95. The van der Waals surface area contributed by atoms with Gasteiger partial charge in [0, 0.05) is 17.2 Å². The number of aliphatic hydroxyl groups is 1. The smallest absolute Gasteiger partial charge is 0.137 e. The topological polar surface area (TPSA) is 32.3 Å². The number of rotatable bonds is 6. The van der Waals surface area contributed by atoms with Crippen molar-refractivity contribution in [2.45, 2.75) is 18.4 Å². The van der Waals surface area contributed by atoms with Crippen LogP contribution in [0, 0.1) is 5.82 Å². The molecule has 0 spiro atoms. The van der Waals surface area contributed by atoms with Gasteiger partial charge in [-0.3, -0.25) is 0 Å². The Labute approximate surface area is 93.9 Å². The van der Waals surface area contributed by atoms with Crippen molar-refractivity contribution in [3.63, 3.8) is 0 Å².